The average Bonchev–Trinajstić information content (AvgIpc) is 3.20. The van der Waals surface area contributed by atoms with Gasteiger partial charge in [-0.15, -0.1) is 11.3 Å². The van der Waals surface area contributed by atoms with Crippen LogP contribution in [0.3, 0.4) is 0 Å². The van der Waals surface area contributed by atoms with Crippen molar-refractivity contribution in [2.45, 2.75) is 58.3 Å². The van der Waals surface area contributed by atoms with Crippen molar-refractivity contribution in [3.63, 3.8) is 0 Å². The molecule has 5 nitrogen and oxygen atoms in total. The molecule has 2 aromatic rings. The van der Waals surface area contributed by atoms with Gasteiger partial charge in [0.25, 0.3) is 5.91 Å². The molecule has 6 heteroatoms. The molecule has 0 spiro atoms. The Bertz CT molecular complexity index is 989. The molecule has 0 bridgehead atoms. The molecule has 0 radical (unpaired) electrons. The number of ether oxygens (including phenoxy) is 2. The number of benzene rings is 1. The quantitative estimate of drug-likeness (QED) is 0.560. The van der Waals surface area contributed by atoms with Crippen molar-refractivity contribution in [2.24, 2.45) is 0 Å². The first-order valence-electron chi connectivity index (χ1n) is 10.7. The molecular formula is C25H33NO4S. The monoisotopic (exact) mass is 443 g/mol. The summed E-state index contributed by atoms with van der Waals surface area (Å²) in [7, 11) is 3.31. The van der Waals surface area contributed by atoms with E-state index in [4.69, 9.17) is 9.47 Å². The first kappa shape index (κ1) is 23.3. The fourth-order valence-corrected chi connectivity index (χ4v) is 5.23. The lowest BCUT2D eigenvalue weighted by Crippen LogP contribution is -2.33. The molecule has 1 heterocycles. The number of esters is 1. The Kier molecular flexibility index (Phi) is 6.51. The third-order valence-corrected chi connectivity index (χ3v) is 7.38. The van der Waals surface area contributed by atoms with Crippen LogP contribution in [0.15, 0.2) is 24.3 Å². The van der Waals surface area contributed by atoms with Crippen LogP contribution in [0.1, 0.15) is 68.3 Å². The second kappa shape index (κ2) is 8.65. The summed E-state index contributed by atoms with van der Waals surface area (Å²) in [5.41, 5.74) is 3.88. The number of hydrogen-bond acceptors (Lipinski definition) is 5. The van der Waals surface area contributed by atoms with E-state index in [0.29, 0.717) is 11.5 Å². The normalized spacial score (nSPS) is 16.4. The molecule has 1 aliphatic carbocycles. The minimum Gasteiger partial charge on any atom is -0.496 e. The van der Waals surface area contributed by atoms with Crippen LogP contribution < -0.4 is 4.74 Å². The van der Waals surface area contributed by atoms with E-state index in [-0.39, 0.29) is 23.3 Å². The fraction of sp³-hybridized carbons (Fsp3) is 0.520. The predicted octanol–water partition coefficient (Wildman–Crippen LogP) is 5.41. The molecule has 0 saturated carbocycles. The maximum absolute atomic E-state index is 12.8. The van der Waals surface area contributed by atoms with Gasteiger partial charge in [-0.1, -0.05) is 27.7 Å². The molecule has 0 atom stereocenters. The van der Waals surface area contributed by atoms with Gasteiger partial charge >= 0.3 is 5.97 Å². The van der Waals surface area contributed by atoms with Crippen LogP contribution in [-0.2, 0) is 20.4 Å². The van der Waals surface area contributed by atoms with E-state index in [9.17, 15) is 9.59 Å². The molecule has 1 aromatic carbocycles. The Morgan fingerprint density at radius 3 is 2.26 bits per heavy atom. The Labute approximate surface area is 189 Å². The number of carbonyl (C=O) groups excluding carboxylic acids is 2. The SMILES string of the molecule is CCOC(=O)CN(C)C(=O)c1ccc(-c2cc3c(cc2OC)C(C)(C)CCC3(C)C)s1. The van der Waals surface area contributed by atoms with E-state index in [2.05, 4.69) is 39.8 Å². The Morgan fingerprint density at radius 1 is 1.06 bits per heavy atom. The molecule has 0 saturated heterocycles. The highest BCUT2D eigenvalue weighted by molar-refractivity contribution is 7.17. The number of thiophene rings is 1. The molecule has 3 rings (SSSR count). The van der Waals surface area contributed by atoms with Crippen molar-refractivity contribution < 1.29 is 19.1 Å². The Morgan fingerprint density at radius 2 is 1.68 bits per heavy atom. The predicted molar refractivity (Wildman–Crippen MR) is 125 cm³/mol. The largest absolute Gasteiger partial charge is 0.496 e. The zero-order valence-electron chi connectivity index (χ0n) is 19.6. The highest BCUT2D eigenvalue weighted by Crippen LogP contribution is 2.49. The number of nitrogens with zero attached hydrogens (tertiary/aromatic N) is 1. The third kappa shape index (κ3) is 4.64. The number of likely N-dealkylation sites (N-methyl/N-ethyl adjacent to an activating group) is 1. The first-order valence-corrected chi connectivity index (χ1v) is 11.6. The zero-order valence-corrected chi connectivity index (χ0v) is 20.4. The van der Waals surface area contributed by atoms with Gasteiger partial charge in [-0.2, -0.15) is 0 Å². The van der Waals surface area contributed by atoms with E-state index >= 15 is 0 Å². The van der Waals surface area contributed by atoms with Gasteiger partial charge in [0.1, 0.15) is 12.3 Å². The van der Waals surface area contributed by atoms with Gasteiger partial charge in [-0.25, -0.2) is 0 Å². The number of carbonyl (C=O) groups is 2. The summed E-state index contributed by atoms with van der Waals surface area (Å²) < 4.78 is 10.7. The van der Waals surface area contributed by atoms with Crippen molar-refractivity contribution in [3.05, 3.63) is 40.3 Å². The second-order valence-electron chi connectivity index (χ2n) is 9.50. The summed E-state index contributed by atoms with van der Waals surface area (Å²) in [4.78, 5) is 27.5. The van der Waals surface area contributed by atoms with E-state index in [1.807, 2.05) is 12.1 Å². The molecule has 0 unspecified atom stereocenters. The molecule has 0 aliphatic heterocycles. The number of amides is 1. The number of fused-ring (bicyclic) bond motifs is 1. The van der Waals surface area contributed by atoms with Crippen LogP contribution in [0, 0.1) is 0 Å². The summed E-state index contributed by atoms with van der Waals surface area (Å²) in [5.74, 6) is 0.226. The number of hydrogen-bond donors (Lipinski definition) is 0. The molecule has 1 amide bonds. The maximum Gasteiger partial charge on any atom is 0.325 e. The summed E-state index contributed by atoms with van der Waals surface area (Å²) in [6, 6.07) is 8.20. The van der Waals surface area contributed by atoms with Crippen molar-refractivity contribution in [1.29, 1.82) is 0 Å². The molecular weight excluding hydrogens is 410 g/mol. The van der Waals surface area contributed by atoms with Gasteiger partial charge in [0, 0.05) is 17.5 Å². The van der Waals surface area contributed by atoms with Crippen molar-refractivity contribution in [3.8, 4) is 16.2 Å². The molecule has 0 fully saturated rings. The highest BCUT2D eigenvalue weighted by atomic mass is 32.1. The summed E-state index contributed by atoms with van der Waals surface area (Å²) in [6.07, 6.45) is 2.27. The first-order chi connectivity index (χ1) is 14.5. The Hall–Kier alpha value is -2.34. The topological polar surface area (TPSA) is 55.8 Å². The van der Waals surface area contributed by atoms with Gasteiger partial charge in [0.15, 0.2) is 0 Å². The standard InChI is InChI=1S/C25H33NO4S/c1-8-30-22(27)15-26(6)23(28)21-10-9-20(31-21)16-13-17-18(14-19(16)29-7)25(4,5)12-11-24(17,2)3/h9-10,13-14H,8,11-12,15H2,1-7H3. The van der Waals surface area contributed by atoms with Crippen LogP contribution >= 0.6 is 11.3 Å². The van der Waals surface area contributed by atoms with Crippen LogP contribution in [0.2, 0.25) is 0 Å². The highest BCUT2D eigenvalue weighted by Gasteiger charge is 2.38. The smallest absolute Gasteiger partial charge is 0.325 e. The molecule has 168 valence electrons. The average molecular weight is 444 g/mol. The van der Waals surface area contributed by atoms with E-state index < -0.39 is 5.97 Å². The minimum atomic E-state index is -0.406. The van der Waals surface area contributed by atoms with E-state index in [1.165, 1.54) is 27.4 Å². The van der Waals surface area contributed by atoms with Gasteiger partial charge < -0.3 is 14.4 Å². The lowest BCUT2D eigenvalue weighted by molar-refractivity contribution is -0.143. The summed E-state index contributed by atoms with van der Waals surface area (Å²) in [5, 5.41) is 0. The lowest BCUT2D eigenvalue weighted by atomic mass is 9.63. The molecule has 31 heavy (non-hydrogen) atoms. The van der Waals surface area contributed by atoms with Gasteiger partial charge in [-0.05, 0) is 66.0 Å². The zero-order chi connectivity index (χ0) is 23.0. The summed E-state index contributed by atoms with van der Waals surface area (Å²) in [6.45, 7) is 11.2. The lowest BCUT2D eigenvalue weighted by Gasteiger charge is -2.42. The second-order valence-corrected chi connectivity index (χ2v) is 10.6. The minimum absolute atomic E-state index is 0.0641. The van der Waals surface area contributed by atoms with Crippen molar-refractivity contribution in [2.75, 3.05) is 27.3 Å². The summed E-state index contributed by atoms with van der Waals surface area (Å²) >= 11 is 1.42. The maximum atomic E-state index is 12.8. The molecule has 1 aromatic heterocycles. The Balaban J connectivity index is 1.97. The van der Waals surface area contributed by atoms with Gasteiger partial charge in [-0.3, -0.25) is 9.59 Å². The van der Waals surface area contributed by atoms with Gasteiger partial charge in [0.05, 0.1) is 18.6 Å². The van der Waals surface area contributed by atoms with Crippen LogP contribution in [0.5, 0.6) is 5.75 Å². The van der Waals surface area contributed by atoms with Crippen LogP contribution in [-0.4, -0.2) is 44.1 Å². The van der Waals surface area contributed by atoms with Crippen molar-refractivity contribution >= 4 is 23.2 Å². The van der Waals surface area contributed by atoms with Crippen LogP contribution in [0.25, 0.3) is 10.4 Å². The third-order valence-electron chi connectivity index (χ3n) is 6.27. The van der Waals surface area contributed by atoms with E-state index in [1.54, 1.807) is 21.1 Å². The number of rotatable bonds is 6. The van der Waals surface area contributed by atoms with Crippen LogP contribution in [0.4, 0.5) is 0 Å². The fourth-order valence-electron chi connectivity index (χ4n) is 4.21. The van der Waals surface area contributed by atoms with Crippen molar-refractivity contribution in [1.82, 2.24) is 4.90 Å². The molecule has 0 N–H and O–H groups in total. The van der Waals surface area contributed by atoms with Gasteiger partial charge in [0.2, 0.25) is 0 Å². The molecule has 1 aliphatic rings. The van der Waals surface area contributed by atoms with E-state index in [0.717, 1.165) is 29.0 Å². The number of methoxy groups -OCH3 is 1.